The molecule has 0 bridgehead atoms. The third-order valence-corrected chi connectivity index (χ3v) is 4.60. The molecule has 192 valence electrons. The van der Waals surface area contributed by atoms with Crippen molar-refractivity contribution >= 4 is 30.2 Å². The van der Waals surface area contributed by atoms with E-state index >= 15 is 0 Å². The number of hydrogen-bond acceptors (Lipinski definition) is 12. The van der Waals surface area contributed by atoms with Gasteiger partial charge in [0, 0.05) is 33.3 Å². The quantitative estimate of drug-likeness (QED) is 0.261. The first kappa shape index (κ1) is 27.6. The Hall–Kier alpha value is -3.67. The van der Waals surface area contributed by atoms with Crippen LogP contribution in [-0.2, 0) is 42.9 Å². The molecule has 0 N–H and O–H groups in total. The van der Waals surface area contributed by atoms with Gasteiger partial charge in [-0.05, 0) is 25.1 Å². The zero-order valence-corrected chi connectivity index (χ0v) is 20.0. The van der Waals surface area contributed by atoms with E-state index in [2.05, 4.69) is 0 Å². The third-order valence-electron chi connectivity index (χ3n) is 4.60. The van der Waals surface area contributed by atoms with Crippen molar-refractivity contribution in [2.45, 2.75) is 65.3 Å². The van der Waals surface area contributed by atoms with Gasteiger partial charge in [0.05, 0.1) is 6.61 Å². The number of esters is 4. The molecule has 1 aromatic carbocycles. The molecule has 0 aromatic heterocycles. The molecule has 1 fully saturated rings. The van der Waals surface area contributed by atoms with Gasteiger partial charge in [-0.15, -0.1) is 0 Å². The van der Waals surface area contributed by atoms with Gasteiger partial charge in [0.2, 0.25) is 12.4 Å². The van der Waals surface area contributed by atoms with Crippen LogP contribution in [0.3, 0.4) is 0 Å². The summed E-state index contributed by atoms with van der Waals surface area (Å²) in [6.07, 6.45) is -6.02. The van der Waals surface area contributed by atoms with Gasteiger partial charge >= 0.3 is 23.9 Å². The van der Waals surface area contributed by atoms with Crippen molar-refractivity contribution in [1.82, 2.24) is 0 Å². The maximum Gasteiger partial charge on any atom is 0.303 e. The van der Waals surface area contributed by atoms with Gasteiger partial charge in [-0.1, -0.05) is 0 Å². The lowest BCUT2D eigenvalue weighted by Gasteiger charge is -2.44. The number of carbonyl (C=O) groups excluding carboxylic acids is 5. The van der Waals surface area contributed by atoms with Crippen molar-refractivity contribution in [2.24, 2.45) is 0 Å². The number of benzene rings is 1. The minimum Gasteiger partial charge on any atom is -0.490 e. The van der Waals surface area contributed by atoms with Gasteiger partial charge in [-0.2, -0.15) is 0 Å². The molecule has 0 amide bonds. The van der Waals surface area contributed by atoms with Crippen LogP contribution in [0.2, 0.25) is 0 Å². The summed E-state index contributed by atoms with van der Waals surface area (Å²) in [6.45, 7) is 6.13. The molecule has 1 aromatic rings. The Morgan fingerprint density at radius 3 is 2.00 bits per heavy atom. The van der Waals surface area contributed by atoms with E-state index in [0.717, 1.165) is 20.8 Å². The second-order valence-electron chi connectivity index (χ2n) is 7.44. The molecule has 1 aliphatic rings. The summed E-state index contributed by atoms with van der Waals surface area (Å²) in [4.78, 5) is 58.2. The number of ether oxygens (including phenoxy) is 7. The monoisotopic (exact) mass is 496 g/mol. The van der Waals surface area contributed by atoms with Crippen LogP contribution in [-0.4, -0.2) is 74.1 Å². The fourth-order valence-electron chi connectivity index (χ4n) is 3.37. The highest BCUT2D eigenvalue weighted by Crippen LogP contribution is 2.34. The highest BCUT2D eigenvalue weighted by Gasteiger charge is 2.53. The third kappa shape index (κ3) is 7.95. The molecule has 1 saturated heterocycles. The van der Waals surface area contributed by atoms with E-state index in [1.807, 2.05) is 0 Å². The summed E-state index contributed by atoms with van der Waals surface area (Å²) in [5, 5.41) is 0. The van der Waals surface area contributed by atoms with Crippen molar-refractivity contribution in [3.63, 3.8) is 0 Å². The van der Waals surface area contributed by atoms with Crippen LogP contribution < -0.4 is 9.47 Å². The minimum atomic E-state index is -1.42. The van der Waals surface area contributed by atoms with E-state index in [0.29, 0.717) is 11.8 Å². The van der Waals surface area contributed by atoms with Crippen LogP contribution in [0.5, 0.6) is 11.5 Å². The van der Waals surface area contributed by atoms with Crippen molar-refractivity contribution in [1.29, 1.82) is 0 Å². The zero-order chi connectivity index (χ0) is 26.1. The molecule has 5 atom stereocenters. The first-order valence-electron chi connectivity index (χ1n) is 10.7. The van der Waals surface area contributed by atoms with Crippen molar-refractivity contribution in [2.75, 3.05) is 13.2 Å². The SMILES string of the molecule is CCOc1cc(C=O)ccc1O[C@@H]1O[C@@H](COC(C)=O)[C@@H](OC(C)=O)[C@@H](OC(C)=O)[C@@H]1OC(C)=O. The Kier molecular flexibility index (Phi) is 10.0. The van der Waals surface area contributed by atoms with Gasteiger partial charge in [0.25, 0.3) is 0 Å². The van der Waals surface area contributed by atoms with E-state index in [-0.39, 0.29) is 24.7 Å². The predicted octanol–water partition coefficient (Wildman–Crippen LogP) is 1.36. The summed E-state index contributed by atoms with van der Waals surface area (Å²) < 4.78 is 38.4. The number of carbonyl (C=O) groups is 5. The molecule has 35 heavy (non-hydrogen) atoms. The second-order valence-corrected chi connectivity index (χ2v) is 7.44. The van der Waals surface area contributed by atoms with Crippen molar-refractivity contribution in [3.8, 4) is 11.5 Å². The predicted molar refractivity (Wildman–Crippen MR) is 116 cm³/mol. The highest BCUT2D eigenvalue weighted by atomic mass is 16.7. The lowest BCUT2D eigenvalue weighted by Crippen LogP contribution is -2.63. The average molecular weight is 496 g/mol. The molecule has 0 radical (unpaired) electrons. The van der Waals surface area contributed by atoms with Crippen LogP contribution in [0.25, 0.3) is 0 Å². The van der Waals surface area contributed by atoms with E-state index in [1.54, 1.807) is 6.92 Å². The fraction of sp³-hybridized carbons (Fsp3) is 0.522. The van der Waals surface area contributed by atoms with E-state index in [9.17, 15) is 24.0 Å². The molecule has 1 aliphatic heterocycles. The summed E-state index contributed by atoms with van der Waals surface area (Å²) in [5.41, 5.74) is 0.322. The minimum absolute atomic E-state index is 0.123. The molecule has 2 rings (SSSR count). The molecule has 0 aliphatic carbocycles. The molecule has 0 saturated carbocycles. The molecular weight excluding hydrogens is 468 g/mol. The molecule has 12 heteroatoms. The molecule has 12 nitrogen and oxygen atoms in total. The standard InChI is InChI=1S/C23H28O12/c1-6-29-18-9-16(10-24)7-8-17(18)34-23-22(33-15(5)28)21(32-14(4)27)20(31-13(3)26)19(35-23)11-30-12(2)25/h7-10,19-23H,6,11H2,1-5H3/t19-,20+,21+,22-,23+/m0/s1. The highest BCUT2D eigenvalue weighted by molar-refractivity contribution is 5.76. The summed E-state index contributed by atoms with van der Waals surface area (Å²) in [6, 6.07) is 4.36. The van der Waals surface area contributed by atoms with Gasteiger partial charge in [-0.3, -0.25) is 24.0 Å². The number of hydrogen-bond donors (Lipinski definition) is 0. The Labute approximate surface area is 201 Å². The van der Waals surface area contributed by atoms with Crippen LogP contribution in [0.4, 0.5) is 0 Å². The van der Waals surface area contributed by atoms with E-state index in [1.165, 1.54) is 25.1 Å². The van der Waals surface area contributed by atoms with E-state index in [4.69, 9.17) is 33.2 Å². The van der Waals surface area contributed by atoms with Gasteiger partial charge in [-0.25, -0.2) is 0 Å². The zero-order valence-electron chi connectivity index (χ0n) is 20.0. The average Bonchev–Trinajstić information content (AvgIpc) is 2.76. The molecule has 1 heterocycles. The van der Waals surface area contributed by atoms with Crippen LogP contribution in [0, 0.1) is 0 Å². The molecular formula is C23H28O12. The Bertz CT molecular complexity index is 942. The smallest absolute Gasteiger partial charge is 0.303 e. The van der Waals surface area contributed by atoms with E-state index < -0.39 is 54.6 Å². The lowest BCUT2D eigenvalue weighted by molar-refractivity contribution is -0.288. The van der Waals surface area contributed by atoms with Crippen LogP contribution in [0.15, 0.2) is 18.2 Å². The second kappa shape index (κ2) is 12.7. The van der Waals surface area contributed by atoms with Gasteiger partial charge in [0.1, 0.15) is 19.0 Å². The summed E-state index contributed by atoms with van der Waals surface area (Å²) in [5.74, 6) is -2.58. The van der Waals surface area contributed by atoms with Crippen molar-refractivity contribution < 1.29 is 57.1 Å². The largest absolute Gasteiger partial charge is 0.490 e. The Balaban J connectivity index is 2.52. The fourth-order valence-corrected chi connectivity index (χ4v) is 3.37. The van der Waals surface area contributed by atoms with Crippen molar-refractivity contribution in [3.05, 3.63) is 23.8 Å². The maximum atomic E-state index is 11.9. The van der Waals surface area contributed by atoms with Gasteiger partial charge in [0.15, 0.2) is 23.7 Å². The molecule has 0 spiro atoms. The summed E-state index contributed by atoms with van der Waals surface area (Å²) >= 11 is 0. The first-order chi connectivity index (χ1) is 16.5. The summed E-state index contributed by atoms with van der Waals surface area (Å²) in [7, 11) is 0. The number of rotatable bonds is 10. The lowest BCUT2D eigenvalue weighted by atomic mass is 9.98. The topological polar surface area (TPSA) is 150 Å². The van der Waals surface area contributed by atoms with Crippen LogP contribution in [0.1, 0.15) is 45.0 Å². The van der Waals surface area contributed by atoms with Crippen LogP contribution >= 0.6 is 0 Å². The Morgan fingerprint density at radius 1 is 0.857 bits per heavy atom. The first-order valence-corrected chi connectivity index (χ1v) is 10.7. The maximum absolute atomic E-state index is 11.9. The Morgan fingerprint density at radius 2 is 1.46 bits per heavy atom. The molecule has 0 unspecified atom stereocenters. The number of aldehydes is 1. The van der Waals surface area contributed by atoms with Gasteiger partial charge < -0.3 is 33.2 Å². The normalized spacial score (nSPS) is 23.4.